The van der Waals surface area contributed by atoms with Crippen molar-refractivity contribution in [2.75, 3.05) is 19.7 Å². The highest BCUT2D eigenvalue weighted by Crippen LogP contribution is 2.45. The van der Waals surface area contributed by atoms with Gasteiger partial charge >= 0.3 is 6.18 Å². The number of alkyl halides is 3. The van der Waals surface area contributed by atoms with Gasteiger partial charge in [0.15, 0.2) is 5.60 Å². The maximum Gasteiger partial charge on any atom is 0.417 e. The van der Waals surface area contributed by atoms with E-state index in [-0.39, 0.29) is 30.1 Å². The second-order valence-electron chi connectivity index (χ2n) is 10.1. The molecule has 1 saturated heterocycles. The topological polar surface area (TPSA) is 64.0 Å². The summed E-state index contributed by atoms with van der Waals surface area (Å²) in [6, 6.07) is 0.323. The third-order valence-electron chi connectivity index (χ3n) is 7.79. The Morgan fingerprint density at radius 3 is 2.23 bits per heavy atom. The van der Waals surface area contributed by atoms with Crippen LogP contribution in [0.25, 0.3) is 0 Å². The van der Waals surface area contributed by atoms with E-state index < -0.39 is 23.6 Å². The average molecular weight is 443 g/mol. The zero-order valence-electron chi connectivity index (χ0n) is 18.2. The van der Waals surface area contributed by atoms with Gasteiger partial charge in [-0.05, 0) is 51.4 Å². The molecule has 3 fully saturated rings. The fourth-order valence-corrected chi connectivity index (χ4v) is 5.32. The Hall–Kier alpha value is -1.38. The number of rotatable bonds is 6. The highest BCUT2D eigenvalue weighted by molar-refractivity contribution is 5.97. The fraction of sp³-hybridized carbons (Fsp3) is 0.783. The minimum absolute atomic E-state index is 0.0477. The summed E-state index contributed by atoms with van der Waals surface area (Å²) in [7, 11) is 0. The van der Waals surface area contributed by atoms with Gasteiger partial charge in [-0.25, -0.2) is 0 Å². The van der Waals surface area contributed by atoms with Crippen LogP contribution in [0.5, 0.6) is 0 Å². The molecule has 5 nitrogen and oxygen atoms in total. The van der Waals surface area contributed by atoms with Crippen molar-refractivity contribution in [1.82, 2.24) is 9.80 Å². The SMILES string of the molecule is CC1C=C(C(=O)N(C2CC2)C2CCN(C3(CO)CC3)CC2)C=CC1[C@](C)(O)C(F)(F)F. The number of carbonyl (C=O) groups is 1. The van der Waals surface area contributed by atoms with E-state index in [2.05, 4.69) is 4.90 Å². The van der Waals surface area contributed by atoms with Crippen molar-refractivity contribution >= 4 is 5.91 Å². The van der Waals surface area contributed by atoms with Crippen molar-refractivity contribution < 1.29 is 28.2 Å². The highest BCUT2D eigenvalue weighted by Gasteiger charge is 2.56. The third kappa shape index (κ3) is 4.18. The number of allylic oxidation sites excluding steroid dienone is 1. The van der Waals surface area contributed by atoms with Crippen LogP contribution >= 0.6 is 0 Å². The first-order valence-corrected chi connectivity index (χ1v) is 11.4. The van der Waals surface area contributed by atoms with Crippen molar-refractivity contribution in [2.24, 2.45) is 11.8 Å². The smallest absolute Gasteiger partial charge is 0.394 e. The number of aliphatic hydroxyl groups excluding tert-OH is 1. The lowest BCUT2D eigenvalue weighted by Gasteiger charge is -2.42. The van der Waals surface area contributed by atoms with Crippen LogP contribution in [0, 0.1) is 11.8 Å². The maximum absolute atomic E-state index is 13.4. The van der Waals surface area contributed by atoms with Gasteiger partial charge in [-0.1, -0.05) is 25.2 Å². The van der Waals surface area contributed by atoms with Gasteiger partial charge in [0, 0.05) is 42.2 Å². The number of hydrogen-bond acceptors (Lipinski definition) is 4. The molecule has 4 rings (SSSR count). The van der Waals surface area contributed by atoms with Crippen LogP contribution in [0.2, 0.25) is 0 Å². The van der Waals surface area contributed by atoms with Gasteiger partial charge in [0.25, 0.3) is 5.91 Å². The van der Waals surface area contributed by atoms with Crippen LogP contribution in [-0.2, 0) is 4.79 Å². The molecule has 0 radical (unpaired) electrons. The zero-order chi connectivity index (χ0) is 22.6. The summed E-state index contributed by atoms with van der Waals surface area (Å²) >= 11 is 0. The van der Waals surface area contributed by atoms with Gasteiger partial charge in [0.1, 0.15) is 0 Å². The van der Waals surface area contributed by atoms with E-state index in [1.165, 1.54) is 12.2 Å². The van der Waals surface area contributed by atoms with E-state index in [1.807, 2.05) is 4.90 Å². The minimum atomic E-state index is -4.74. The van der Waals surface area contributed by atoms with E-state index in [1.54, 1.807) is 13.0 Å². The molecule has 1 heterocycles. The Kier molecular flexibility index (Phi) is 5.80. The molecular formula is C23H33F3N2O3. The number of piperidine rings is 1. The minimum Gasteiger partial charge on any atom is -0.394 e. The number of aliphatic hydroxyl groups is 2. The molecule has 31 heavy (non-hydrogen) atoms. The van der Waals surface area contributed by atoms with Gasteiger partial charge in [-0.15, -0.1) is 0 Å². The zero-order valence-corrected chi connectivity index (χ0v) is 18.2. The Labute approximate surface area is 181 Å². The Bertz CT molecular complexity index is 761. The van der Waals surface area contributed by atoms with Crippen molar-refractivity contribution in [1.29, 1.82) is 0 Å². The van der Waals surface area contributed by atoms with Crippen LogP contribution in [0.15, 0.2) is 23.8 Å². The summed E-state index contributed by atoms with van der Waals surface area (Å²) < 4.78 is 39.8. The molecule has 0 bridgehead atoms. The molecule has 3 atom stereocenters. The predicted molar refractivity (Wildman–Crippen MR) is 110 cm³/mol. The highest BCUT2D eigenvalue weighted by atomic mass is 19.4. The summed E-state index contributed by atoms with van der Waals surface area (Å²) in [4.78, 5) is 17.7. The molecule has 0 spiro atoms. The number of carbonyl (C=O) groups excluding carboxylic acids is 1. The maximum atomic E-state index is 13.4. The molecule has 2 unspecified atom stereocenters. The molecule has 1 amide bonds. The lowest BCUT2D eigenvalue weighted by atomic mass is 9.75. The van der Waals surface area contributed by atoms with Gasteiger partial charge in [0.05, 0.1) is 6.61 Å². The first-order valence-electron chi connectivity index (χ1n) is 11.4. The fourth-order valence-electron chi connectivity index (χ4n) is 5.32. The first kappa shape index (κ1) is 22.8. The van der Waals surface area contributed by atoms with Crippen molar-refractivity contribution in [3.63, 3.8) is 0 Å². The van der Waals surface area contributed by atoms with Crippen LogP contribution < -0.4 is 0 Å². The van der Waals surface area contributed by atoms with E-state index in [0.717, 1.165) is 58.5 Å². The second kappa shape index (κ2) is 7.89. The summed E-state index contributed by atoms with van der Waals surface area (Å²) in [5.74, 6) is -1.85. The number of nitrogens with zero attached hydrogens (tertiary/aromatic N) is 2. The summed E-state index contributed by atoms with van der Waals surface area (Å²) in [5.41, 5.74) is -2.47. The molecule has 0 aromatic heterocycles. The lowest BCUT2D eigenvalue weighted by Crippen LogP contribution is -2.53. The number of amides is 1. The molecule has 1 aliphatic heterocycles. The number of likely N-dealkylation sites (tertiary alicyclic amines) is 1. The van der Waals surface area contributed by atoms with E-state index >= 15 is 0 Å². The van der Waals surface area contributed by atoms with Crippen LogP contribution in [0.1, 0.15) is 52.4 Å². The van der Waals surface area contributed by atoms with E-state index in [9.17, 15) is 28.2 Å². The Balaban J connectivity index is 1.44. The molecule has 2 saturated carbocycles. The quantitative estimate of drug-likeness (QED) is 0.664. The van der Waals surface area contributed by atoms with Crippen LogP contribution in [-0.4, -0.2) is 75.0 Å². The monoisotopic (exact) mass is 442 g/mol. The lowest BCUT2D eigenvalue weighted by molar-refractivity contribution is -0.269. The Morgan fingerprint density at radius 1 is 1.19 bits per heavy atom. The van der Waals surface area contributed by atoms with E-state index in [0.29, 0.717) is 5.57 Å². The summed E-state index contributed by atoms with van der Waals surface area (Å²) in [6.45, 7) is 4.29. The molecule has 2 N–H and O–H groups in total. The standard InChI is InChI=1S/C23H33F3N2O3/c1-15-13-16(3-6-19(15)21(2,31)23(24,25)26)20(30)28(17-4-5-17)18-7-11-27(12-8-18)22(14-29)9-10-22/h3,6,13,15,17-19,29,31H,4-5,7-12,14H2,1-2H3/t15?,19?,21-/m0/s1. The molecule has 3 aliphatic carbocycles. The van der Waals surface area contributed by atoms with Gasteiger partial charge in [-0.2, -0.15) is 13.2 Å². The number of halogens is 3. The van der Waals surface area contributed by atoms with Gasteiger partial charge in [0.2, 0.25) is 0 Å². The van der Waals surface area contributed by atoms with Crippen molar-refractivity contribution in [3.05, 3.63) is 23.8 Å². The van der Waals surface area contributed by atoms with Crippen LogP contribution in [0.3, 0.4) is 0 Å². The van der Waals surface area contributed by atoms with Gasteiger partial charge in [-0.3, -0.25) is 9.69 Å². The molecule has 8 heteroatoms. The molecular weight excluding hydrogens is 409 g/mol. The average Bonchev–Trinajstić information content (AvgIpc) is 3.62. The van der Waals surface area contributed by atoms with Crippen molar-refractivity contribution in [3.8, 4) is 0 Å². The first-order chi connectivity index (χ1) is 14.5. The normalized spacial score (nSPS) is 31.1. The third-order valence-corrected chi connectivity index (χ3v) is 7.79. The largest absolute Gasteiger partial charge is 0.417 e. The van der Waals surface area contributed by atoms with Gasteiger partial charge < -0.3 is 15.1 Å². The number of hydrogen-bond donors (Lipinski definition) is 2. The van der Waals surface area contributed by atoms with Crippen LogP contribution in [0.4, 0.5) is 13.2 Å². The van der Waals surface area contributed by atoms with E-state index in [4.69, 9.17) is 0 Å². The molecule has 4 aliphatic rings. The summed E-state index contributed by atoms with van der Waals surface area (Å²) in [5, 5.41) is 19.8. The molecule has 0 aromatic carbocycles. The molecule has 0 aromatic rings. The van der Waals surface area contributed by atoms with Crippen molar-refractivity contribution in [2.45, 2.75) is 81.8 Å². The molecule has 174 valence electrons. The second-order valence-corrected chi connectivity index (χ2v) is 10.1. The predicted octanol–water partition coefficient (Wildman–Crippen LogP) is 3.03. The Morgan fingerprint density at radius 2 is 1.77 bits per heavy atom. The summed E-state index contributed by atoms with van der Waals surface area (Å²) in [6.07, 6.45) is 5.32.